The van der Waals surface area contributed by atoms with Gasteiger partial charge in [0.15, 0.2) is 0 Å². The van der Waals surface area contributed by atoms with Gasteiger partial charge in [0.25, 0.3) is 0 Å². The van der Waals surface area contributed by atoms with Crippen LogP contribution in [0.2, 0.25) is 0 Å². The van der Waals surface area contributed by atoms with E-state index in [0.717, 1.165) is 0 Å². The highest BCUT2D eigenvalue weighted by molar-refractivity contribution is 6.23. The summed E-state index contributed by atoms with van der Waals surface area (Å²) >= 11 is 0. The second kappa shape index (κ2) is 9.16. The summed E-state index contributed by atoms with van der Waals surface area (Å²) in [6, 6.07) is 14.4. The SMILES string of the molecule is O=C(c1ccccc1)C(O)(C(=O)c1ccccc1)[C@H](O)[C@H](O)[C@H](O)[C@@H](O)CO. The van der Waals surface area contributed by atoms with Gasteiger partial charge in [0.1, 0.15) is 24.4 Å². The summed E-state index contributed by atoms with van der Waals surface area (Å²) in [7, 11) is 0. The minimum Gasteiger partial charge on any atom is -0.394 e. The van der Waals surface area contributed by atoms with Gasteiger partial charge in [-0.05, 0) is 0 Å². The van der Waals surface area contributed by atoms with E-state index in [0.29, 0.717) is 0 Å². The molecular formula is C20H22O8. The van der Waals surface area contributed by atoms with Crippen LogP contribution in [-0.2, 0) is 0 Å². The maximum absolute atomic E-state index is 13.0. The van der Waals surface area contributed by atoms with Crippen molar-refractivity contribution in [3.05, 3.63) is 71.8 Å². The molecule has 0 aliphatic rings. The van der Waals surface area contributed by atoms with Crippen molar-refractivity contribution in [2.45, 2.75) is 30.0 Å². The first kappa shape index (κ1) is 21.8. The van der Waals surface area contributed by atoms with Crippen molar-refractivity contribution in [1.82, 2.24) is 0 Å². The molecule has 28 heavy (non-hydrogen) atoms. The molecule has 0 aliphatic carbocycles. The summed E-state index contributed by atoms with van der Waals surface area (Å²) in [5, 5.41) is 60.0. The quantitative estimate of drug-likeness (QED) is 0.233. The fourth-order valence-electron chi connectivity index (χ4n) is 2.76. The maximum atomic E-state index is 13.0. The first-order chi connectivity index (χ1) is 13.2. The van der Waals surface area contributed by atoms with Crippen LogP contribution in [0.25, 0.3) is 0 Å². The molecule has 8 heteroatoms. The Balaban J connectivity index is 2.52. The summed E-state index contributed by atoms with van der Waals surface area (Å²) in [5.74, 6) is -2.39. The summed E-state index contributed by atoms with van der Waals surface area (Å²) in [6.45, 7) is -0.956. The molecule has 2 rings (SSSR count). The van der Waals surface area contributed by atoms with Crippen LogP contribution in [0, 0.1) is 0 Å². The molecule has 0 saturated heterocycles. The number of carbonyl (C=O) groups excluding carboxylic acids is 2. The molecule has 2 aromatic carbocycles. The third-order valence-corrected chi connectivity index (χ3v) is 4.45. The summed E-state index contributed by atoms with van der Waals surface area (Å²) < 4.78 is 0. The van der Waals surface area contributed by atoms with Gasteiger partial charge >= 0.3 is 0 Å². The van der Waals surface area contributed by atoms with Crippen molar-refractivity contribution in [3.8, 4) is 0 Å². The van der Waals surface area contributed by atoms with E-state index in [1.807, 2.05) is 0 Å². The van der Waals surface area contributed by atoms with E-state index >= 15 is 0 Å². The normalized spacial score (nSPS) is 16.1. The molecule has 0 amide bonds. The second-order valence-electron chi connectivity index (χ2n) is 6.33. The minimum atomic E-state index is -3.15. The van der Waals surface area contributed by atoms with E-state index < -0.39 is 48.2 Å². The Morgan fingerprint density at radius 2 is 1.14 bits per heavy atom. The van der Waals surface area contributed by atoms with Crippen molar-refractivity contribution in [1.29, 1.82) is 0 Å². The van der Waals surface area contributed by atoms with Gasteiger partial charge in [-0.3, -0.25) is 9.59 Å². The average molecular weight is 390 g/mol. The zero-order valence-corrected chi connectivity index (χ0v) is 14.8. The Hall–Kier alpha value is -2.46. The van der Waals surface area contributed by atoms with E-state index in [2.05, 4.69) is 0 Å². The summed E-state index contributed by atoms with van der Waals surface area (Å²) in [4.78, 5) is 25.9. The van der Waals surface area contributed by atoms with Gasteiger partial charge in [-0.1, -0.05) is 60.7 Å². The van der Waals surface area contributed by atoms with Crippen molar-refractivity contribution in [2.24, 2.45) is 0 Å². The molecule has 150 valence electrons. The Bertz CT molecular complexity index is 741. The van der Waals surface area contributed by atoms with E-state index in [1.165, 1.54) is 48.5 Å². The third-order valence-electron chi connectivity index (χ3n) is 4.45. The van der Waals surface area contributed by atoms with Crippen LogP contribution in [0.15, 0.2) is 60.7 Å². The van der Waals surface area contributed by atoms with Crippen LogP contribution < -0.4 is 0 Å². The molecule has 0 heterocycles. The predicted molar refractivity (Wildman–Crippen MR) is 97.6 cm³/mol. The van der Waals surface area contributed by atoms with Crippen LogP contribution in [0.1, 0.15) is 20.7 Å². The second-order valence-corrected chi connectivity index (χ2v) is 6.33. The van der Waals surface area contributed by atoms with Crippen molar-refractivity contribution < 1.29 is 40.2 Å². The van der Waals surface area contributed by atoms with Crippen LogP contribution in [-0.4, -0.2) is 78.8 Å². The number of aliphatic hydroxyl groups excluding tert-OH is 5. The number of Topliss-reactive ketones (excluding diaryl/α,β-unsaturated/α-hetero) is 2. The molecule has 2 aromatic rings. The van der Waals surface area contributed by atoms with Crippen molar-refractivity contribution in [3.63, 3.8) is 0 Å². The molecule has 4 atom stereocenters. The summed E-state index contributed by atoms with van der Waals surface area (Å²) in [6.07, 6.45) is -8.80. The maximum Gasteiger partial charge on any atom is 0.219 e. The van der Waals surface area contributed by atoms with Gasteiger partial charge in [-0.15, -0.1) is 0 Å². The van der Waals surface area contributed by atoms with Gasteiger partial charge in [0, 0.05) is 11.1 Å². The lowest BCUT2D eigenvalue weighted by Crippen LogP contribution is -2.63. The smallest absolute Gasteiger partial charge is 0.219 e. The number of hydrogen-bond donors (Lipinski definition) is 6. The minimum absolute atomic E-state index is 0.113. The van der Waals surface area contributed by atoms with Crippen molar-refractivity contribution in [2.75, 3.05) is 6.61 Å². The number of benzene rings is 2. The average Bonchev–Trinajstić information content (AvgIpc) is 2.76. The lowest BCUT2D eigenvalue weighted by atomic mass is 9.78. The Labute approximate surface area is 160 Å². The molecule has 8 nitrogen and oxygen atoms in total. The van der Waals surface area contributed by atoms with Crippen LogP contribution in [0.5, 0.6) is 0 Å². The first-order valence-corrected chi connectivity index (χ1v) is 8.50. The number of ketones is 2. The Morgan fingerprint density at radius 1 is 0.750 bits per heavy atom. The van der Waals surface area contributed by atoms with E-state index in [4.69, 9.17) is 5.11 Å². The highest BCUT2D eigenvalue weighted by Crippen LogP contribution is 2.27. The first-order valence-electron chi connectivity index (χ1n) is 8.50. The largest absolute Gasteiger partial charge is 0.394 e. The zero-order chi connectivity index (χ0) is 20.9. The van der Waals surface area contributed by atoms with Crippen LogP contribution in [0.3, 0.4) is 0 Å². The molecule has 0 spiro atoms. The fourth-order valence-corrected chi connectivity index (χ4v) is 2.76. The molecule has 0 unspecified atom stereocenters. The highest BCUT2D eigenvalue weighted by atomic mass is 16.4. The Morgan fingerprint density at radius 3 is 1.50 bits per heavy atom. The standard InChI is InChI=1S/C20H22O8/c21-11-14(22)15(23)16(24)19(27)20(28,17(25)12-7-3-1-4-8-12)18(26)13-9-5-2-6-10-13/h1-10,14-16,19,21-24,27-28H,11H2/t14-,15+,16+,19+/m0/s1. The van der Waals surface area contributed by atoms with E-state index in [9.17, 15) is 35.1 Å². The monoisotopic (exact) mass is 390 g/mol. The molecule has 0 radical (unpaired) electrons. The van der Waals surface area contributed by atoms with Gasteiger partial charge in [-0.2, -0.15) is 0 Å². The molecule has 0 fully saturated rings. The van der Waals surface area contributed by atoms with Crippen LogP contribution in [0.4, 0.5) is 0 Å². The van der Waals surface area contributed by atoms with E-state index in [1.54, 1.807) is 12.1 Å². The van der Waals surface area contributed by atoms with Gasteiger partial charge in [0.2, 0.25) is 17.2 Å². The van der Waals surface area contributed by atoms with Gasteiger partial charge in [-0.25, -0.2) is 0 Å². The number of rotatable bonds is 9. The summed E-state index contributed by atoms with van der Waals surface area (Å²) in [5.41, 5.74) is -3.38. The number of aliphatic hydroxyl groups is 6. The molecule has 0 bridgehead atoms. The molecule has 0 aromatic heterocycles. The molecule has 0 aliphatic heterocycles. The molecular weight excluding hydrogens is 368 g/mol. The van der Waals surface area contributed by atoms with Crippen molar-refractivity contribution >= 4 is 11.6 Å². The zero-order valence-electron chi connectivity index (χ0n) is 14.8. The lowest BCUT2D eigenvalue weighted by Gasteiger charge is -2.35. The fraction of sp³-hybridized carbons (Fsp3) is 0.300. The highest BCUT2D eigenvalue weighted by Gasteiger charge is 2.54. The number of carbonyl (C=O) groups is 2. The lowest BCUT2D eigenvalue weighted by molar-refractivity contribution is -0.148. The van der Waals surface area contributed by atoms with Gasteiger partial charge in [0.05, 0.1) is 6.61 Å². The topological polar surface area (TPSA) is 156 Å². The van der Waals surface area contributed by atoms with Crippen LogP contribution >= 0.6 is 0 Å². The Kier molecular flexibility index (Phi) is 7.14. The molecule has 0 saturated carbocycles. The van der Waals surface area contributed by atoms with Gasteiger partial charge < -0.3 is 30.6 Å². The third kappa shape index (κ3) is 4.17. The predicted octanol–water partition coefficient (Wildman–Crippen LogP) is -1.08. The van der Waals surface area contributed by atoms with E-state index in [-0.39, 0.29) is 11.1 Å². The number of hydrogen-bond acceptors (Lipinski definition) is 8. The molecule has 6 N–H and O–H groups in total.